The molecule has 0 saturated carbocycles. The molecule has 11 heteroatoms. The van der Waals surface area contributed by atoms with Crippen molar-refractivity contribution in [2.75, 3.05) is 5.43 Å². The lowest BCUT2D eigenvalue weighted by molar-refractivity contribution is 0.494. The van der Waals surface area contributed by atoms with Crippen LogP contribution in [-0.4, -0.2) is 23.2 Å². The number of aromatic nitrogens is 2. The molecule has 0 radical (unpaired) electrons. The van der Waals surface area contributed by atoms with Gasteiger partial charge in [0.2, 0.25) is 5.95 Å². The average molecular weight is 400 g/mol. The van der Waals surface area contributed by atoms with Crippen molar-refractivity contribution in [3.8, 4) is 17.3 Å². The molecular weight excluding hydrogens is 389 g/mol. The number of rotatable bonds is 5. The van der Waals surface area contributed by atoms with E-state index in [0.29, 0.717) is 17.7 Å². The van der Waals surface area contributed by atoms with Gasteiger partial charge in [-0.2, -0.15) is 10.4 Å². The lowest BCUT2D eigenvalue weighted by Crippen LogP contribution is -2.37. The Morgan fingerprint density at radius 3 is 2.55 bits per heavy atom. The topological polar surface area (TPSA) is 93.9 Å². The number of benzene rings is 2. The van der Waals surface area contributed by atoms with E-state index in [-0.39, 0.29) is 22.8 Å². The Bertz CT molecular complexity index is 1170. The normalized spacial score (nSPS) is 11.4. The van der Waals surface area contributed by atoms with Gasteiger partial charge in [-0.15, -0.1) is 0 Å². The average Bonchev–Trinajstić information content (AvgIpc) is 2.68. The fourth-order valence-corrected chi connectivity index (χ4v) is 2.50. The summed E-state index contributed by atoms with van der Waals surface area (Å²) >= 11 is 0. The number of hydrazone groups is 1. The second kappa shape index (κ2) is 7.98. The van der Waals surface area contributed by atoms with Gasteiger partial charge in [0, 0.05) is 5.56 Å². The maximum atomic E-state index is 13.3. The minimum atomic E-state index is -5.51. The zero-order valence-electron chi connectivity index (χ0n) is 14.5. The second-order valence-electron chi connectivity index (χ2n) is 5.84. The highest BCUT2D eigenvalue weighted by atomic mass is 19.4. The first-order valence-electron chi connectivity index (χ1n) is 8.18. The van der Waals surface area contributed by atoms with Gasteiger partial charge in [-0.25, -0.2) is 14.8 Å². The van der Waals surface area contributed by atoms with Crippen LogP contribution >= 0.6 is 0 Å². The number of nitrogens with one attached hydrogen (secondary N) is 2. The van der Waals surface area contributed by atoms with E-state index in [9.17, 15) is 27.4 Å². The van der Waals surface area contributed by atoms with Crippen molar-refractivity contribution in [2.24, 2.45) is 5.10 Å². The highest BCUT2D eigenvalue weighted by Crippen LogP contribution is 2.19. The van der Waals surface area contributed by atoms with Crippen molar-refractivity contribution in [3.63, 3.8) is 0 Å². The molecule has 0 fully saturated rings. The molecule has 0 spiro atoms. The first-order valence-corrected chi connectivity index (χ1v) is 8.18. The van der Waals surface area contributed by atoms with Gasteiger partial charge in [-0.3, -0.25) is 9.78 Å². The Hall–Kier alpha value is -3.94. The zero-order chi connectivity index (χ0) is 21.0. The van der Waals surface area contributed by atoms with E-state index in [1.165, 1.54) is 0 Å². The molecule has 0 aliphatic heterocycles. The van der Waals surface area contributed by atoms with E-state index in [4.69, 9.17) is 0 Å². The molecule has 0 atom stereocenters. The number of hydrogen-bond donors (Lipinski definition) is 2. The summed E-state index contributed by atoms with van der Waals surface area (Å²) in [5, 5.41) is 12.9. The lowest BCUT2D eigenvalue weighted by atomic mass is 9.79. The standard InChI is InChI=1S/C18H11BF4N5O/c20-15-7-6-11(8-14(15)19(21,22)23)10-25-28-18-26-16(12-4-2-1-3-5-12)13(9-24)17(29)27-18/h1-8,10H,(H2,26,27,28,29)/q-1. The van der Waals surface area contributed by atoms with Crippen LogP contribution in [0.25, 0.3) is 11.3 Å². The molecule has 2 aromatic carbocycles. The van der Waals surface area contributed by atoms with Crippen molar-refractivity contribution in [2.45, 2.75) is 0 Å². The molecule has 0 aliphatic carbocycles. The number of H-pyrrole nitrogens is 1. The number of halogens is 4. The molecule has 0 saturated heterocycles. The van der Waals surface area contributed by atoms with Gasteiger partial charge in [0.1, 0.15) is 11.6 Å². The summed E-state index contributed by atoms with van der Waals surface area (Å²) in [5.74, 6) is -1.49. The van der Waals surface area contributed by atoms with Crippen LogP contribution in [-0.2, 0) is 0 Å². The molecule has 0 amide bonds. The Kier molecular flexibility index (Phi) is 5.45. The fraction of sp³-hybridized carbons (Fsp3) is 0. The van der Waals surface area contributed by atoms with Crippen molar-refractivity contribution < 1.29 is 17.3 Å². The number of nitriles is 1. The van der Waals surface area contributed by atoms with Gasteiger partial charge in [0.05, 0.1) is 17.7 Å². The van der Waals surface area contributed by atoms with Gasteiger partial charge < -0.3 is 12.9 Å². The van der Waals surface area contributed by atoms with Gasteiger partial charge in [-0.1, -0.05) is 47.9 Å². The van der Waals surface area contributed by atoms with Crippen LogP contribution in [0.3, 0.4) is 0 Å². The molecule has 0 bridgehead atoms. The summed E-state index contributed by atoms with van der Waals surface area (Å²) in [6, 6.07) is 12.7. The van der Waals surface area contributed by atoms with E-state index in [0.717, 1.165) is 12.3 Å². The summed E-state index contributed by atoms with van der Waals surface area (Å²) in [5.41, 5.74) is 0.779. The van der Waals surface area contributed by atoms with Crippen molar-refractivity contribution in [3.05, 3.63) is 75.8 Å². The van der Waals surface area contributed by atoms with E-state index < -0.39 is 23.8 Å². The SMILES string of the molecule is N#Cc1c(-c2ccccc2)nc(NN=Cc2ccc(F)c([B-](F)(F)F)c2)[nH]c1=O. The predicted octanol–water partition coefficient (Wildman–Crippen LogP) is 2.95. The van der Waals surface area contributed by atoms with Crippen LogP contribution in [0, 0.1) is 17.1 Å². The predicted molar refractivity (Wildman–Crippen MR) is 101 cm³/mol. The molecule has 0 aliphatic rings. The van der Waals surface area contributed by atoms with Gasteiger partial charge >= 0.3 is 6.98 Å². The number of anilines is 1. The van der Waals surface area contributed by atoms with E-state index in [2.05, 4.69) is 20.5 Å². The van der Waals surface area contributed by atoms with Crippen LogP contribution in [0.1, 0.15) is 11.1 Å². The van der Waals surface area contributed by atoms with Crippen LogP contribution < -0.4 is 16.4 Å². The van der Waals surface area contributed by atoms with Gasteiger partial charge in [0.15, 0.2) is 0 Å². The maximum absolute atomic E-state index is 13.3. The number of nitrogens with zero attached hydrogens (tertiary/aromatic N) is 3. The van der Waals surface area contributed by atoms with E-state index in [1.54, 1.807) is 36.4 Å². The Balaban J connectivity index is 1.90. The third kappa shape index (κ3) is 4.49. The highest BCUT2D eigenvalue weighted by Gasteiger charge is 2.28. The monoisotopic (exact) mass is 400 g/mol. The van der Waals surface area contributed by atoms with E-state index >= 15 is 0 Å². The highest BCUT2D eigenvalue weighted by molar-refractivity contribution is 6.73. The third-order valence-electron chi connectivity index (χ3n) is 3.84. The summed E-state index contributed by atoms with van der Waals surface area (Å²) in [6.07, 6.45) is 1.02. The van der Waals surface area contributed by atoms with Crippen molar-refractivity contribution in [1.29, 1.82) is 5.26 Å². The first-order chi connectivity index (χ1) is 13.8. The molecule has 0 unspecified atom stereocenters. The van der Waals surface area contributed by atoms with Gasteiger partial charge in [0.25, 0.3) is 5.56 Å². The Morgan fingerprint density at radius 1 is 1.17 bits per heavy atom. The molecule has 1 aromatic heterocycles. The van der Waals surface area contributed by atoms with Crippen LogP contribution in [0.4, 0.5) is 23.3 Å². The number of hydrogen-bond acceptors (Lipinski definition) is 5. The van der Waals surface area contributed by atoms with Crippen LogP contribution in [0.2, 0.25) is 0 Å². The quantitative estimate of drug-likeness (QED) is 0.298. The van der Waals surface area contributed by atoms with Crippen LogP contribution in [0.5, 0.6) is 0 Å². The molecule has 29 heavy (non-hydrogen) atoms. The molecule has 146 valence electrons. The molecule has 1 heterocycles. The zero-order valence-corrected chi connectivity index (χ0v) is 14.5. The molecular formula is C18H11BF4N5O-. The second-order valence-corrected chi connectivity index (χ2v) is 5.84. The largest absolute Gasteiger partial charge is 0.512 e. The maximum Gasteiger partial charge on any atom is 0.512 e. The first kappa shape index (κ1) is 19.8. The van der Waals surface area contributed by atoms with Crippen molar-refractivity contribution in [1.82, 2.24) is 9.97 Å². The van der Waals surface area contributed by atoms with Crippen molar-refractivity contribution >= 4 is 24.6 Å². The van der Waals surface area contributed by atoms with Crippen LogP contribution in [0.15, 0.2) is 58.4 Å². The smallest absolute Gasteiger partial charge is 0.445 e. The Labute approximate surface area is 161 Å². The minimum Gasteiger partial charge on any atom is -0.445 e. The summed E-state index contributed by atoms with van der Waals surface area (Å²) in [7, 11) is 0. The number of aromatic amines is 1. The minimum absolute atomic E-state index is 0.00706. The van der Waals surface area contributed by atoms with E-state index in [1.807, 2.05) is 0 Å². The fourth-order valence-electron chi connectivity index (χ4n) is 2.50. The third-order valence-corrected chi connectivity index (χ3v) is 3.84. The summed E-state index contributed by atoms with van der Waals surface area (Å²) in [6.45, 7) is -5.51. The summed E-state index contributed by atoms with van der Waals surface area (Å²) in [4.78, 5) is 18.6. The summed E-state index contributed by atoms with van der Waals surface area (Å²) < 4.78 is 51.8. The Morgan fingerprint density at radius 2 is 1.90 bits per heavy atom. The molecule has 6 nitrogen and oxygen atoms in total. The molecule has 3 rings (SSSR count). The molecule has 3 aromatic rings. The molecule has 2 N–H and O–H groups in total. The lowest BCUT2D eigenvalue weighted by Gasteiger charge is -2.16. The van der Waals surface area contributed by atoms with Gasteiger partial charge in [-0.05, 0) is 11.6 Å².